The molecular weight excluding hydrogens is 686 g/mol. The number of methoxy groups -OCH3 is 1. The van der Waals surface area contributed by atoms with E-state index in [1.54, 1.807) is 11.7 Å². The van der Waals surface area contributed by atoms with Gasteiger partial charge in [0.1, 0.15) is 18.1 Å². The average molecular weight is 717 g/mol. The number of allylic oxidation sites excluding steroid dienone is 1. The summed E-state index contributed by atoms with van der Waals surface area (Å²) in [7, 11) is 1.60. The largest absolute Gasteiger partial charge is 0.497 e. The van der Waals surface area contributed by atoms with Crippen molar-refractivity contribution in [3.63, 3.8) is 0 Å². The van der Waals surface area contributed by atoms with Gasteiger partial charge >= 0.3 is 0 Å². The molecule has 0 fully saturated rings. The average Bonchev–Trinajstić information content (AvgIpc) is 3.42. The first-order valence-electron chi connectivity index (χ1n) is 15.3. The maximum atomic E-state index is 14.5. The van der Waals surface area contributed by atoms with Gasteiger partial charge in [0.2, 0.25) is 0 Å². The number of nitrogens with zero attached hydrogens (tertiary/aromatic N) is 2. The molecule has 0 saturated heterocycles. The van der Waals surface area contributed by atoms with Gasteiger partial charge in [-0.1, -0.05) is 100 Å². The van der Waals surface area contributed by atoms with Gasteiger partial charge in [-0.25, -0.2) is 4.99 Å². The Labute approximate surface area is 289 Å². The topological polar surface area (TPSA) is 81.9 Å². The summed E-state index contributed by atoms with van der Waals surface area (Å²) in [6.07, 6.45) is 1.89. The van der Waals surface area contributed by atoms with Crippen LogP contribution in [0.5, 0.6) is 11.5 Å². The van der Waals surface area contributed by atoms with Crippen molar-refractivity contribution in [3.05, 3.63) is 167 Å². The lowest BCUT2D eigenvalue weighted by Gasteiger charge is -2.25. The van der Waals surface area contributed by atoms with Crippen molar-refractivity contribution in [2.45, 2.75) is 19.6 Å². The molecule has 1 atom stereocenters. The second-order valence-corrected chi connectivity index (χ2v) is 13.2. The summed E-state index contributed by atoms with van der Waals surface area (Å²) in [4.78, 5) is 33.7. The van der Waals surface area contributed by atoms with E-state index in [0.717, 1.165) is 31.9 Å². The molecule has 0 bridgehead atoms. The second kappa shape index (κ2) is 13.5. The summed E-state index contributed by atoms with van der Waals surface area (Å²) in [5.41, 5.74) is 3.93. The van der Waals surface area contributed by atoms with Crippen molar-refractivity contribution < 1.29 is 14.3 Å². The molecule has 1 amide bonds. The maximum absolute atomic E-state index is 14.5. The number of fused-ring (bicyclic) bond motifs is 2. The molecule has 1 aliphatic heterocycles. The van der Waals surface area contributed by atoms with Crippen LogP contribution in [0, 0.1) is 0 Å². The number of ether oxygens (including phenoxy) is 2. The minimum absolute atomic E-state index is 0.246. The van der Waals surface area contributed by atoms with Gasteiger partial charge in [-0.15, -0.1) is 0 Å². The van der Waals surface area contributed by atoms with Crippen molar-refractivity contribution in [1.29, 1.82) is 0 Å². The summed E-state index contributed by atoms with van der Waals surface area (Å²) in [6, 6.07) is 36.0. The van der Waals surface area contributed by atoms with Gasteiger partial charge in [-0.3, -0.25) is 14.2 Å². The fourth-order valence-electron chi connectivity index (χ4n) is 5.86. The quantitative estimate of drug-likeness (QED) is 0.178. The van der Waals surface area contributed by atoms with Crippen LogP contribution >= 0.6 is 27.3 Å². The zero-order chi connectivity index (χ0) is 33.2. The van der Waals surface area contributed by atoms with E-state index in [2.05, 4.69) is 21.2 Å². The number of benzene rings is 5. The predicted molar refractivity (Wildman–Crippen MR) is 194 cm³/mol. The smallest absolute Gasteiger partial charge is 0.271 e. The summed E-state index contributed by atoms with van der Waals surface area (Å²) in [6.45, 7) is 2.18. The molecular formula is C39H30BrN3O4S. The molecule has 1 aromatic heterocycles. The van der Waals surface area contributed by atoms with Crippen LogP contribution in [0.2, 0.25) is 0 Å². The molecule has 0 radical (unpaired) electrons. The Kier molecular flexibility index (Phi) is 8.80. The highest BCUT2D eigenvalue weighted by atomic mass is 79.9. The zero-order valence-corrected chi connectivity index (χ0v) is 28.5. The number of rotatable bonds is 8. The van der Waals surface area contributed by atoms with Gasteiger partial charge in [0.15, 0.2) is 4.80 Å². The van der Waals surface area contributed by atoms with Gasteiger partial charge in [0.05, 0.1) is 29.0 Å². The molecule has 7 nitrogen and oxygen atoms in total. The Morgan fingerprint density at radius 1 is 0.938 bits per heavy atom. The molecule has 2 heterocycles. The minimum Gasteiger partial charge on any atom is -0.497 e. The van der Waals surface area contributed by atoms with E-state index in [4.69, 9.17) is 14.5 Å². The van der Waals surface area contributed by atoms with Crippen LogP contribution in [0.15, 0.2) is 141 Å². The number of carbonyl (C=O) groups is 1. The third-order valence-electron chi connectivity index (χ3n) is 8.24. The Morgan fingerprint density at radius 2 is 1.67 bits per heavy atom. The number of amides is 1. The lowest BCUT2D eigenvalue weighted by Crippen LogP contribution is -2.40. The fourth-order valence-corrected chi connectivity index (χ4v) is 7.15. The van der Waals surface area contributed by atoms with Crippen molar-refractivity contribution in [3.8, 4) is 11.5 Å². The highest BCUT2D eigenvalue weighted by Gasteiger charge is 2.32. The molecule has 0 unspecified atom stereocenters. The molecule has 0 spiro atoms. The number of halogens is 1. The van der Waals surface area contributed by atoms with Crippen molar-refractivity contribution in [2.24, 2.45) is 4.99 Å². The molecule has 9 heteroatoms. The van der Waals surface area contributed by atoms with Crippen molar-refractivity contribution in [2.75, 3.05) is 12.4 Å². The molecule has 48 heavy (non-hydrogen) atoms. The number of aromatic nitrogens is 1. The molecule has 7 rings (SSSR count). The van der Waals surface area contributed by atoms with Crippen LogP contribution < -0.4 is 29.7 Å². The van der Waals surface area contributed by atoms with Crippen LogP contribution in [0.1, 0.15) is 29.7 Å². The summed E-state index contributed by atoms with van der Waals surface area (Å²) in [5.74, 6) is 1.01. The maximum Gasteiger partial charge on any atom is 0.271 e. The molecule has 0 saturated carbocycles. The fraction of sp³-hybridized carbons (Fsp3) is 0.103. The Balaban J connectivity index is 1.37. The second-order valence-electron chi connectivity index (χ2n) is 11.3. The zero-order valence-electron chi connectivity index (χ0n) is 26.1. The Morgan fingerprint density at radius 3 is 2.42 bits per heavy atom. The van der Waals surface area contributed by atoms with Gasteiger partial charge in [0.25, 0.3) is 11.5 Å². The van der Waals surface area contributed by atoms with Crippen molar-refractivity contribution >= 4 is 55.7 Å². The molecule has 5 aromatic carbocycles. The highest BCUT2D eigenvalue weighted by Crippen LogP contribution is 2.33. The number of anilines is 1. The van der Waals surface area contributed by atoms with Crippen LogP contribution in [0.3, 0.4) is 0 Å². The van der Waals surface area contributed by atoms with E-state index < -0.39 is 6.04 Å². The number of para-hydroxylation sites is 1. The van der Waals surface area contributed by atoms with E-state index in [-0.39, 0.29) is 11.5 Å². The Bertz CT molecular complexity index is 2360. The van der Waals surface area contributed by atoms with E-state index in [9.17, 15) is 9.59 Å². The number of hydrogen-bond donors (Lipinski definition) is 1. The van der Waals surface area contributed by atoms with Gasteiger partial charge in [-0.2, -0.15) is 0 Å². The van der Waals surface area contributed by atoms with Gasteiger partial charge < -0.3 is 14.8 Å². The minimum atomic E-state index is -0.710. The first-order chi connectivity index (χ1) is 23.4. The number of hydrogen-bond acceptors (Lipinski definition) is 6. The first kappa shape index (κ1) is 31.4. The van der Waals surface area contributed by atoms with E-state index in [1.807, 2.05) is 128 Å². The molecule has 1 N–H and O–H groups in total. The Hall–Kier alpha value is -5.25. The van der Waals surface area contributed by atoms with Crippen LogP contribution in [-0.2, 0) is 11.4 Å². The normalized spacial score (nSPS) is 14.4. The number of nitrogens with one attached hydrogen (secondary N) is 1. The predicted octanol–water partition coefficient (Wildman–Crippen LogP) is 7.38. The van der Waals surface area contributed by atoms with Crippen LogP contribution in [0.25, 0.3) is 16.8 Å². The number of thiazole rings is 1. The lowest BCUT2D eigenvalue weighted by atomic mass is 9.95. The van der Waals surface area contributed by atoms with E-state index in [1.165, 1.54) is 11.3 Å². The number of carbonyl (C=O) groups excluding carboxylic acids is 1. The first-order valence-corrected chi connectivity index (χ1v) is 16.9. The van der Waals surface area contributed by atoms with Crippen LogP contribution in [0.4, 0.5) is 5.69 Å². The van der Waals surface area contributed by atoms with Gasteiger partial charge in [0, 0.05) is 15.7 Å². The van der Waals surface area contributed by atoms with Crippen LogP contribution in [-0.4, -0.2) is 17.6 Å². The molecule has 0 aliphatic carbocycles. The third-order valence-corrected chi connectivity index (χ3v) is 9.75. The summed E-state index contributed by atoms with van der Waals surface area (Å²) < 4.78 is 14.9. The molecule has 1 aliphatic rings. The standard InChI is InChI=1S/C39H30BrN3O4S/c1-24-35(37(44)42-29-9-4-3-5-10-29)36(27-14-19-30(46-2)20-15-27)43-38(45)34(48-39(43)41-24)22-32-31-11-7-6-8-26(31)16-21-33(32)47-23-25-12-17-28(40)18-13-25/h3-22,36H,23H2,1-2H3,(H,42,44)/b34-22+/t36-/m0/s1. The summed E-state index contributed by atoms with van der Waals surface area (Å²) >= 11 is 4.78. The SMILES string of the molecule is COc1ccc([C@H]2C(C(=O)Nc3ccccc3)=C(C)N=c3s/c(=C/c4c(OCc5ccc(Br)cc5)ccc5ccccc45)c(=O)n32)cc1. The lowest BCUT2D eigenvalue weighted by molar-refractivity contribution is -0.113. The van der Waals surface area contributed by atoms with Crippen molar-refractivity contribution in [1.82, 2.24) is 4.57 Å². The molecule has 238 valence electrons. The highest BCUT2D eigenvalue weighted by molar-refractivity contribution is 9.10. The van der Waals surface area contributed by atoms with E-state index in [0.29, 0.717) is 44.4 Å². The van der Waals surface area contributed by atoms with Gasteiger partial charge in [-0.05, 0) is 77.4 Å². The van der Waals surface area contributed by atoms with E-state index >= 15 is 0 Å². The summed E-state index contributed by atoms with van der Waals surface area (Å²) in [5, 5.41) is 4.99. The third kappa shape index (κ3) is 6.22. The monoisotopic (exact) mass is 715 g/mol. The molecule has 6 aromatic rings.